The molecular weight excluding hydrogens is 238 g/mol. The Morgan fingerprint density at radius 2 is 2.26 bits per heavy atom. The molecule has 1 aromatic carbocycles. The summed E-state index contributed by atoms with van der Waals surface area (Å²) in [5.74, 6) is 0.586. The zero-order valence-corrected chi connectivity index (χ0v) is 10.9. The molecular formula is C15H19N3O. The number of nitrogens with one attached hydrogen (secondary N) is 1. The summed E-state index contributed by atoms with van der Waals surface area (Å²) in [5, 5.41) is 1.23. The maximum atomic E-state index is 11.8. The maximum absolute atomic E-state index is 11.8. The van der Waals surface area contributed by atoms with E-state index in [4.69, 9.17) is 5.73 Å². The number of nitrogens with two attached hydrogens (primary N) is 1. The van der Waals surface area contributed by atoms with Crippen molar-refractivity contribution in [2.75, 3.05) is 19.6 Å². The number of hydrogen-bond donors (Lipinski definition) is 2. The Hall–Kier alpha value is -1.81. The fourth-order valence-corrected chi connectivity index (χ4v) is 2.84. The predicted molar refractivity (Wildman–Crippen MR) is 75.7 cm³/mol. The van der Waals surface area contributed by atoms with E-state index in [2.05, 4.69) is 29.2 Å². The predicted octanol–water partition coefficient (Wildman–Crippen LogP) is 1.52. The van der Waals surface area contributed by atoms with E-state index in [0.717, 1.165) is 19.5 Å². The number of H-pyrrole nitrogens is 1. The van der Waals surface area contributed by atoms with E-state index in [1.165, 1.54) is 16.5 Å². The minimum atomic E-state index is 0.245. The Morgan fingerprint density at radius 3 is 3.05 bits per heavy atom. The Kier molecular flexibility index (Phi) is 3.25. The Bertz CT molecular complexity index is 590. The van der Waals surface area contributed by atoms with Crippen LogP contribution in [-0.4, -0.2) is 35.4 Å². The van der Waals surface area contributed by atoms with Crippen LogP contribution >= 0.6 is 0 Å². The van der Waals surface area contributed by atoms with Crippen molar-refractivity contribution in [1.29, 1.82) is 0 Å². The van der Waals surface area contributed by atoms with Crippen molar-refractivity contribution >= 4 is 16.8 Å². The lowest BCUT2D eigenvalue weighted by atomic mass is 10.1. The molecule has 3 N–H and O–H groups in total. The van der Waals surface area contributed by atoms with Gasteiger partial charge in [-0.2, -0.15) is 0 Å². The van der Waals surface area contributed by atoms with Crippen LogP contribution in [0.15, 0.2) is 30.5 Å². The molecule has 4 nitrogen and oxygen atoms in total. The number of aromatic amines is 1. The Morgan fingerprint density at radius 1 is 1.37 bits per heavy atom. The van der Waals surface area contributed by atoms with Gasteiger partial charge in [0.15, 0.2) is 0 Å². The monoisotopic (exact) mass is 257 g/mol. The van der Waals surface area contributed by atoms with E-state index in [-0.39, 0.29) is 5.91 Å². The standard InChI is InChI=1S/C15H19N3O/c16-9-11-8-14(19)18(10-11)7-5-13-3-1-2-12-4-6-17-15(12)13/h1-4,6,11,17H,5,7-10,16H2. The second-order valence-electron chi connectivity index (χ2n) is 5.25. The molecule has 3 rings (SSSR count). The van der Waals surface area contributed by atoms with Crippen molar-refractivity contribution in [3.63, 3.8) is 0 Å². The number of benzene rings is 1. The number of nitrogens with zero attached hydrogens (tertiary/aromatic N) is 1. The average molecular weight is 257 g/mol. The van der Waals surface area contributed by atoms with Gasteiger partial charge in [-0.25, -0.2) is 0 Å². The molecule has 1 unspecified atom stereocenters. The van der Waals surface area contributed by atoms with Crippen molar-refractivity contribution < 1.29 is 4.79 Å². The van der Waals surface area contributed by atoms with Crippen LogP contribution in [0.4, 0.5) is 0 Å². The van der Waals surface area contributed by atoms with Gasteiger partial charge >= 0.3 is 0 Å². The number of carbonyl (C=O) groups excluding carboxylic acids is 1. The van der Waals surface area contributed by atoms with E-state index < -0.39 is 0 Å². The molecule has 1 fully saturated rings. The van der Waals surface area contributed by atoms with Gasteiger partial charge in [0.25, 0.3) is 0 Å². The molecule has 4 heteroatoms. The summed E-state index contributed by atoms with van der Waals surface area (Å²) in [7, 11) is 0. The molecule has 0 spiro atoms. The van der Waals surface area contributed by atoms with Crippen LogP contribution in [-0.2, 0) is 11.2 Å². The van der Waals surface area contributed by atoms with E-state index in [0.29, 0.717) is 18.9 Å². The highest BCUT2D eigenvalue weighted by Gasteiger charge is 2.27. The van der Waals surface area contributed by atoms with Gasteiger partial charge in [-0.05, 0) is 35.9 Å². The lowest BCUT2D eigenvalue weighted by Gasteiger charge is -2.16. The summed E-state index contributed by atoms with van der Waals surface area (Å²) in [5.41, 5.74) is 8.10. The van der Waals surface area contributed by atoms with Gasteiger partial charge in [-0.3, -0.25) is 4.79 Å². The van der Waals surface area contributed by atoms with Crippen molar-refractivity contribution in [2.45, 2.75) is 12.8 Å². The molecule has 19 heavy (non-hydrogen) atoms. The van der Waals surface area contributed by atoms with Crippen molar-refractivity contribution in [3.05, 3.63) is 36.0 Å². The molecule has 1 saturated heterocycles. The largest absolute Gasteiger partial charge is 0.361 e. The normalized spacial score (nSPS) is 19.5. The van der Waals surface area contributed by atoms with E-state index in [9.17, 15) is 4.79 Å². The molecule has 0 bridgehead atoms. The molecule has 1 aromatic heterocycles. The molecule has 1 amide bonds. The number of carbonyl (C=O) groups is 1. The van der Waals surface area contributed by atoms with Gasteiger partial charge in [0.05, 0.1) is 0 Å². The summed E-state index contributed by atoms with van der Waals surface area (Å²) in [6, 6.07) is 8.37. The smallest absolute Gasteiger partial charge is 0.222 e. The van der Waals surface area contributed by atoms with Gasteiger partial charge in [0, 0.05) is 31.2 Å². The Balaban J connectivity index is 1.69. The van der Waals surface area contributed by atoms with E-state index >= 15 is 0 Å². The molecule has 1 atom stereocenters. The SMILES string of the molecule is NCC1CC(=O)N(CCc2cccc3cc[nH]c23)C1. The molecule has 100 valence electrons. The highest BCUT2D eigenvalue weighted by molar-refractivity contribution is 5.82. The second kappa shape index (κ2) is 5.05. The number of aromatic nitrogens is 1. The van der Waals surface area contributed by atoms with Crippen LogP contribution in [0, 0.1) is 5.92 Å². The van der Waals surface area contributed by atoms with Gasteiger partial charge in [-0.15, -0.1) is 0 Å². The number of amides is 1. The topological polar surface area (TPSA) is 62.1 Å². The number of rotatable bonds is 4. The number of para-hydroxylation sites is 1. The number of likely N-dealkylation sites (tertiary alicyclic amines) is 1. The molecule has 2 heterocycles. The van der Waals surface area contributed by atoms with Crippen LogP contribution in [0.25, 0.3) is 10.9 Å². The zero-order valence-electron chi connectivity index (χ0n) is 10.9. The van der Waals surface area contributed by atoms with Crippen LogP contribution in [0.5, 0.6) is 0 Å². The molecule has 0 saturated carbocycles. The summed E-state index contributed by atoms with van der Waals surface area (Å²) >= 11 is 0. The number of fused-ring (bicyclic) bond motifs is 1. The summed E-state index contributed by atoms with van der Waals surface area (Å²) < 4.78 is 0. The number of hydrogen-bond acceptors (Lipinski definition) is 2. The highest BCUT2D eigenvalue weighted by atomic mass is 16.2. The first-order chi connectivity index (χ1) is 9.28. The first-order valence-electron chi connectivity index (χ1n) is 6.80. The molecule has 2 aromatic rings. The Labute approximate surface area is 112 Å². The third-order valence-electron chi connectivity index (χ3n) is 3.95. The second-order valence-corrected chi connectivity index (χ2v) is 5.25. The maximum Gasteiger partial charge on any atom is 0.222 e. The van der Waals surface area contributed by atoms with Crippen molar-refractivity contribution in [2.24, 2.45) is 11.7 Å². The fourth-order valence-electron chi connectivity index (χ4n) is 2.84. The molecule has 0 radical (unpaired) electrons. The molecule has 0 aliphatic carbocycles. The average Bonchev–Trinajstić information content (AvgIpc) is 3.02. The van der Waals surface area contributed by atoms with E-state index in [1.54, 1.807) is 0 Å². The quantitative estimate of drug-likeness (QED) is 0.872. The van der Waals surface area contributed by atoms with Crippen molar-refractivity contribution in [1.82, 2.24) is 9.88 Å². The van der Waals surface area contributed by atoms with E-state index in [1.807, 2.05) is 11.1 Å². The van der Waals surface area contributed by atoms with Gasteiger partial charge < -0.3 is 15.6 Å². The summed E-state index contributed by atoms with van der Waals surface area (Å²) in [6.07, 6.45) is 3.46. The minimum Gasteiger partial charge on any atom is -0.361 e. The zero-order chi connectivity index (χ0) is 13.2. The highest BCUT2D eigenvalue weighted by Crippen LogP contribution is 2.20. The molecule has 1 aliphatic rings. The van der Waals surface area contributed by atoms with Crippen LogP contribution < -0.4 is 5.73 Å². The van der Waals surface area contributed by atoms with Crippen LogP contribution in [0.1, 0.15) is 12.0 Å². The third-order valence-corrected chi connectivity index (χ3v) is 3.95. The van der Waals surface area contributed by atoms with Crippen LogP contribution in [0.3, 0.4) is 0 Å². The van der Waals surface area contributed by atoms with Gasteiger partial charge in [0.1, 0.15) is 0 Å². The lowest BCUT2D eigenvalue weighted by molar-refractivity contribution is -0.127. The first-order valence-corrected chi connectivity index (χ1v) is 6.80. The van der Waals surface area contributed by atoms with Crippen molar-refractivity contribution in [3.8, 4) is 0 Å². The van der Waals surface area contributed by atoms with Crippen LogP contribution in [0.2, 0.25) is 0 Å². The first kappa shape index (κ1) is 12.2. The third kappa shape index (κ3) is 2.36. The van der Waals surface area contributed by atoms with Gasteiger partial charge in [-0.1, -0.05) is 18.2 Å². The molecule has 1 aliphatic heterocycles. The minimum absolute atomic E-state index is 0.245. The summed E-state index contributed by atoms with van der Waals surface area (Å²) in [4.78, 5) is 17.1. The lowest BCUT2D eigenvalue weighted by Crippen LogP contribution is -2.28. The van der Waals surface area contributed by atoms with Gasteiger partial charge in [0.2, 0.25) is 5.91 Å². The fraction of sp³-hybridized carbons (Fsp3) is 0.400. The summed E-state index contributed by atoms with van der Waals surface area (Å²) in [6.45, 7) is 2.21.